The molecule has 1 aromatic carbocycles. The van der Waals surface area contributed by atoms with Crippen molar-refractivity contribution >= 4 is 23.3 Å². The Hall–Kier alpha value is -2.49. The number of carbonyl (C=O) groups is 3. The van der Waals surface area contributed by atoms with Crippen LogP contribution in [0.1, 0.15) is 43.0 Å². The molecule has 5 rings (SSSR count). The van der Waals surface area contributed by atoms with E-state index in [0.717, 1.165) is 64.1 Å². The minimum Gasteiger partial charge on any atom is -0.388 e. The number of likely N-dealkylation sites (tertiary alicyclic amines) is 1. The van der Waals surface area contributed by atoms with E-state index in [1.807, 2.05) is 24.3 Å². The van der Waals surface area contributed by atoms with E-state index in [2.05, 4.69) is 22.0 Å². The SMILES string of the molecule is CCN1CCN(c2ccc(C(=O)N[C@H](C(=O)N3C[C@@H](O)[C@H]4OCC(=O)[C@H]43)C3CCCC3)cc2)CC1. The Balaban J connectivity index is 1.28. The van der Waals surface area contributed by atoms with Gasteiger partial charge in [0.2, 0.25) is 5.91 Å². The quantitative estimate of drug-likeness (QED) is 0.612. The van der Waals surface area contributed by atoms with E-state index in [1.54, 1.807) is 0 Å². The minimum atomic E-state index is -0.887. The lowest BCUT2D eigenvalue weighted by Gasteiger charge is -2.35. The zero-order valence-corrected chi connectivity index (χ0v) is 20.4. The molecule has 0 bridgehead atoms. The van der Waals surface area contributed by atoms with Gasteiger partial charge in [-0.15, -0.1) is 0 Å². The predicted molar refractivity (Wildman–Crippen MR) is 130 cm³/mol. The average molecular weight is 485 g/mol. The third-order valence-electron chi connectivity index (χ3n) is 8.18. The third kappa shape index (κ3) is 4.81. The number of anilines is 1. The lowest BCUT2D eigenvalue weighted by molar-refractivity contribution is -0.139. The Morgan fingerprint density at radius 1 is 1.11 bits per heavy atom. The molecule has 2 amide bonds. The third-order valence-corrected chi connectivity index (χ3v) is 8.18. The van der Waals surface area contributed by atoms with Crippen molar-refractivity contribution in [2.24, 2.45) is 5.92 Å². The van der Waals surface area contributed by atoms with Gasteiger partial charge in [0.15, 0.2) is 5.78 Å². The molecule has 9 heteroatoms. The van der Waals surface area contributed by atoms with E-state index in [1.165, 1.54) is 4.90 Å². The van der Waals surface area contributed by atoms with Crippen LogP contribution in [0.15, 0.2) is 24.3 Å². The number of fused-ring (bicyclic) bond motifs is 1. The van der Waals surface area contributed by atoms with Crippen LogP contribution >= 0.6 is 0 Å². The second-order valence-electron chi connectivity index (χ2n) is 10.2. The highest BCUT2D eigenvalue weighted by atomic mass is 16.5. The minimum absolute atomic E-state index is 0.0224. The molecule has 1 saturated carbocycles. The Bertz CT molecular complexity index is 940. The average Bonchev–Trinajstić information content (AvgIpc) is 3.62. The standard InChI is InChI=1S/C26H36N4O5/c1-2-28-11-13-29(14-12-28)19-9-7-18(8-10-19)25(33)27-22(17-5-3-4-6-17)26(34)30-15-20(31)24-23(30)21(32)16-35-24/h7-10,17,20,22-24,31H,2-6,11-16H2,1H3,(H,27,33)/t20-,22+,23-,24-/m1/s1. The largest absolute Gasteiger partial charge is 0.388 e. The van der Waals surface area contributed by atoms with Crippen molar-refractivity contribution in [1.82, 2.24) is 15.1 Å². The van der Waals surface area contributed by atoms with Crippen LogP contribution in [0.4, 0.5) is 5.69 Å². The fourth-order valence-corrected chi connectivity index (χ4v) is 6.08. The summed E-state index contributed by atoms with van der Waals surface area (Å²) in [6.45, 7) is 7.20. The van der Waals surface area contributed by atoms with Crippen LogP contribution in [-0.4, -0.2) is 103 Å². The van der Waals surface area contributed by atoms with Crippen molar-refractivity contribution in [2.75, 3.05) is 50.8 Å². The van der Waals surface area contributed by atoms with Gasteiger partial charge in [0.25, 0.3) is 5.91 Å². The van der Waals surface area contributed by atoms with Crippen LogP contribution < -0.4 is 10.2 Å². The number of aliphatic hydroxyl groups is 1. The molecule has 3 saturated heterocycles. The van der Waals surface area contributed by atoms with Gasteiger partial charge in [-0.1, -0.05) is 19.8 Å². The molecule has 35 heavy (non-hydrogen) atoms. The molecule has 3 heterocycles. The summed E-state index contributed by atoms with van der Waals surface area (Å²) in [4.78, 5) is 45.4. The number of rotatable bonds is 6. The number of amides is 2. The van der Waals surface area contributed by atoms with Gasteiger partial charge in [-0.3, -0.25) is 14.4 Å². The maximum absolute atomic E-state index is 13.6. The molecule has 0 radical (unpaired) electrons. The zero-order valence-electron chi connectivity index (χ0n) is 20.4. The Labute approximate surface area is 206 Å². The summed E-state index contributed by atoms with van der Waals surface area (Å²) in [5, 5.41) is 13.3. The molecule has 2 N–H and O–H groups in total. The van der Waals surface area contributed by atoms with Crippen LogP contribution in [0.3, 0.4) is 0 Å². The summed E-state index contributed by atoms with van der Waals surface area (Å²) in [6.07, 6.45) is 2.19. The van der Waals surface area contributed by atoms with Crippen LogP contribution in [0, 0.1) is 5.92 Å². The summed E-state index contributed by atoms with van der Waals surface area (Å²) >= 11 is 0. The number of nitrogens with one attached hydrogen (secondary N) is 1. The number of ether oxygens (including phenoxy) is 1. The first-order valence-corrected chi connectivity index (χ1v) is 13.0. The van der Waals surface area contributed by atoms with Crippen molar-refractivity contribution < 1.29 is 24.2 Å². The molecule has 0 unspecified atom stereocenters. The van der Waals surface area contributed by atoms with E-state index < -0.39 is 24.3 Å². The highest BCUT2D eigenvalue weighted by molar-refractivity contribution is 5.99. The number of hydrogen-bond donors (Lipinski definition) is 2. The molecule has 190 valence electrons. The van der Waals surface area contributed by atoms with Crippen LogP contribution in [0.25, 0.3) is 0 Å². The molecule has 0 spiro atoms. The first-order valence-electron chi connectivity index (χ1n) is 13.0. The van der Waals surface area contributed by atoms with Crippen LogP contribution in [0.2, 0.25) is 0 Å². The highest BCUT2D eigenvalue weighted by Gasteiger charge is 2.53. The molecule has 4 atom stereocenters. The van der Waals surface area contributed by atoms with Gasteiger partial charge >= 0.3 is 0 Å². The smallest absolute Gasteiger partial charge is 0.251 e. The number of aliphatic hydroxyl groups excluding tert-OH is 1. The van der Waals surface area contributed by atoms with Gasteiger partial charge in [-0.25, -0.2) is 0 Å². The number of Topliss-reactive ketones (excluding diaryl/α,β-unsaturated/α-hetero) is 1. The molecule has 4 fully saturated rings. The monoisotopic (exact) mass is 484 g/mol. The number of carbonyl (C=O) groups excluding carboxylic acids is 3. The Kier molecular flexibility index (Phi) is 7.09. The molecule has 4 aliphatic rings. The van der Waals surface area contributed by atoms with Gasteiger partial charge < -0.3 is 29.9 Å². The second-order valence-corrected chi connectivity index (χ2v) is 10.2. The van der Waals surface area contributed by atoms with E-state index in [0.29, 0.717) is 5.56 Å². The van der Waals surface area contributed by atoms with Gasteiger partial charge in [0, 0.05) is 37.4 Å². The summed E-state index contributed by atoms with van der Waals surface area (Å²) in [5.41, 5.74) is 1.61. The summed E-state index contributed by atoms with van der Waals surface area (Å²) in [6, 6.07) is 6.10. The number of ketones is 1. The topological polar surface area (TPSA) is 102 Å². The zero-order chi connectivity index (χ0) is 24.5. The van der Waals surface area contributed by atoms with E-state index in [4.69, 9.17) is 4.74 Å². The first-order chi connectivity index (χ1) is 17.0. The number of nitrogens with zero attached hydrogens (tertiary/aromatic N) is 3. The first kappa shape index (κ1) is 24.2. The summed E-state index contributed by atoms with van der Waals surface area (Å²) in [5.74, 6) is -0.745. The normalized spacial score (nSPS) is 28.4. The fourth-order valence-electron chi connectivity index (χ4n) is 6.08. The lowest BCUT2D eigenvalue weighted by atomic mass is 9.95. The van der Waals surface area contributed by atoms with Crippen molar-refractivity contribution in [3.8, 4) is 0 Å². The predicted octanol–water partition coefficient (Wildman–Crippen LogP) is 0.657. The van der Waals surface area contributed by atoms with Gasteiger partial charge in [-0.05, 0) is 49.6 Å². The second kappa shape index (κ2) is 10.2. The summed E-state index contributed by atoms with van der Waals surface area (Å²) < 4.78 is 5.42. The Morgan fingerprint density at radius 2 is 1.80 bits per heavy atom. The number of piperazine rings is 1. The van der Waals surface area contributed by atoms with Gasteiger partial charge in [0.1, 0.15) is 30.9 Å². The van der Waals surface area contributed by atoms with Crippen LogP contribution in [0.5, 0.6) is 0 Å². The van der Waals surface area contributed by atoms with E-state index in [-0.39, 0.29) is 36.7 Å². The van der Waals surface area contributed by atoms with E-state index in [9.17, 15) is 19.5 Å². The molecule has 0 aromatic heterocycles. The van der Waals surface area contributed by atoms with Gasteiger partial charge in [0.05, 0.1) is 6.54 Å². The molecule has 9 nitrogen and oxygen atoms in total. The molecule has 1 aromatic rings. The molecular formula is C26H36N4O5. The van der Waals surface area contributed by atoms with E-state index >= 15 is 0 Å². The van der Waals surface area contributed by atoms with Crippen LogP contribution in [-0.2, 0) is 14.3 Å². The number of likely N-dealkylation sites (N-methyl/N-ethyl adjacent to an activating group) is 1. The van der Waals surface area contributed by atoms with Crippen molar-refractivity contribution in [2.45, 2.75) is 56.9 Å². The maximum atomic E-state index is 13.6. The fraction of sp³-hybridized carbons (Fsp3) is 0.654. The number of β-amino-alcohol motifs (C(OH)–C–C–N with tert-alkyl or cyclic N) is 1. The number of benzene rings is 1. The molecular weight excluding hydrogens is 448 g/mol. The lowest BCUT2D eigenvalue weighted by Crippen LogP contribution is -2.54. The molecule has 3 aliphatic heterocycles. The van der Waals surface area contributed by atoms with Crippen molar-refractivity contribution in [3.63, 3.8) is 0 Å². The maximum Gasteiger partial charge on any atom is 0.251 e. The van der Waals surface area contributed by atoms with Crippen molar-refractivity contribution in [1.29, 1.82) is 0 Å². The Morgan fingerprint density at radius 3 is 2.46 bits per heavy atom. The van der Waals surface area contributed by atoms with Gasteiger partial charge in [-0.2, -0.15) is 0 Å². The summed E-state index contributed by atoms with van der Waals surface area (Å²) in [7, 11) is 0. The molecule has 1 aliphatic carbocycles. The highest BCUT2D eigenvalue weighted by Crippen LogP contribution is 2.33. The number of hydrogen-bond acceptors (Lipinski definition) is 7. The van der Waals surface area contributed by atoms with Crippen molar-refractivity contribution in [3.05, 3.63) is 29.8 Å².